The summed E-state index contributed by atoms with van der Waals surface area (Å²) in [5.41, 5.74) is 34.0. The Bertz CT molecular complexity index is 8550. The predicted octanol–water partition coefficient (Wildman–Crippen LogP) is 32.7. The lowest BCUT2D eigenvalue weighted by molar-refractivity contribution is 1.13. The Hall–Kier alpha value is -17.3. The maximum atomic E-state index is 2.51. The van der Waals surface area contributed by atoms with Crippen molar-refractivity contribution < 1.29 is 0 Å². The quantitative estimate of drug-likeness (QED) is 0.136. The highest BCUT2D eigenvalue weighted by molar-refractivity contribution is 6.28. The highest BCUT2D eigenvalue weighted by atomic mass is 15.3. The minimum absolute atomic E-state index is 1.09. The van der Waals surface area contributed by atoms with Gasteiger partial charge in [-0.05, 0) is 212 Å². The normalized spacial score (nSPS) is 12.8. The fraction of sp³-hybridized carbons (Fsp3) is 0. The van der Waals surface area contributed by atoms with Gasteiger partial charge in [0.1, 0.15) is 0 Å². The molecule has 0 spiro atoms. The van der Waals surface area contributed by atoms with E-state index in [0.717, 1.165) is 136 Å². The third-order valence-electron chi connectivity index (χ3n) is 26.2. The number of nitrogens with zero attached hydrogens (tertiary/aromatic N) is 10. The monoisotopic (exact) mass is 1630 g/mol. The second kappa shape index (κ2) is 29.2. The minimum atomic E-state index is 1.09. The molecule has 3 aliphatic heterocycles. The van der Waals surface area contributed by atoms with Crippen molar-refractivity contribution in [2.24, 2.45) is 0 Å². The smallest absolute Gasteiger partial charge is 0.0724 e. The fourth-order valence-electron chi connectivity index (χ4n) is 21.0. The lowest BCUT2D eigenvalue weighted by Gasteiger charge is -2.40. The van der Waals surface area contributed by atoms with Crippen LogP contribution in [-0.2, 0) is 0 Å². The number of para-hydroxylation sites is 16. The Kier molecular flexibility index (Phi) is 16.5. The van der Waals surface area contributed by atoms with Crippen molar-refractivity contribution in [2.75, 3.05) is 29.4 Å². The van der Waals surface area contributed by atoms with Crippen molar-refractivity contribution in [3.05, 3.63) is 473 Å². The van der Waals surface area contributed by atoms with Gasteiger partial charge in [0.05, 0.1) is 118 Å². The van der Waals surface area contributed by atoms with E-state index in [1.807, 2.05) is 0 Å². The first-order valence-corrected chi connectivity index (χ1v) is 43.8. The third-order valence-corrected chi connectivity index (χ3v) is 26.2. The summed E-state index contributed by atoms with van der Waals surface area (Å²) in [6.45, 7) is 0. The molecule has 7 heterocycles. The molecule has 128 heavy (non-hydrogen) atoms. The van der Waals surface area contributed by atoms with Crippen molar-refractivity contribution in [2.45, 2.75) is 0 Å². The van der Waals surface area contributed by atoms with Crippen LogP contribution in [0.3, 0.4) is 0 Å². The van der Waals surface area contributed by atoms with Crippen LogP contribution in [0.15, 0.2) is 473 Å². The van der Waals surface area contributed by atoms with Crippen LogP contribution in [-0.4, -0.2) is 18.3 Å². The van der Waals surface area contributed by atoms with Gasteiger partial charge in [-0.3, -0.25) is 0 Å². The van der Waals surface area contributed by atoms with Gasteiger partial charge >= 0.3 is 0 Å². The summed E-state index contributed by atoms with van der Waals surface area (Å²) < 4.78 is 9.96. The highest BCUT2D eigenvalue weighted by Gasteiger charge is 2.37. The first-order chi connectivity index (χ1) is 63.6. The molecule has 0 fully saturated rings. The number of anilines is 18. The largest absolute Gasteiger partial charge is 0.309 e. The van der Waals surface area contributed by atoms with Crippen molar-refractivity contribution >= 4 is 200 Å². The van der Waals surface area contributed by atoms with Crippen LogP contribution in [0.25, 0.3) is 121 Å². The summed E-state index contributed by atoms with van der Waals surface area (Å²) in [5.74, 6) is 0. The molecule has 0 atom stereocenters. The van der Waals surface area contributed by atoms with Crippen molar-refractivity contribution in [1.82, 2.24) is 18.3 Å². The van der Waals surface area contributed by atoms with E-state index in [4.69, 9.17) is 0 Å². The second-order valence-corrected chi connectivity index (χ2v) is 33.1. The Balaban J connectivity index is 0.000000140. The molecule has 24 aromatic rings. The maximum Gasteiger partial charge on any atom is 0.0724 e. The molecule has 3 aliphatic rings. The van der Waals surface area contributed by atoms with E-state index in [1.54, 1.807) is 0 Å². The molecule has 0 unspecified atom stereocenters. The van der Waals surface area contributed by atoms with Gasteiger partial charge in [-0.15, -0.1) is 0 Å². The van der Waals surface area contributed by atoms with Crippen molar-refractivity contribution in [1.29, 1.82) is 0 Å². The number of fused-ring (bicyclic) bond motifs is 21. The van der Waals surface area contributed by atoms with Crippen LogP contribution in [0, 0.1) is 0 Å². The highest BCUT2D eigenvalue weighted by Crippen LogP contribution is 2.60. The van der Waals surface area contributed by atoms with E-state index in [9.17, 15) is 0 Å². The lowest BCUT2D eigenvalue weighted by atomic mass is 10.0. The van der Waals surface area contributed by atoms with Crippen molar-refractivity contribution in [3.8, 4) is 22.7 Å². The predicted molar refractivity (Wildman–Crippen MR) is 537 cm³/mol. The van der Waals surface area contributed by atoms with E-state index in [0.29, 0.717) is 0 Å². The van der Waals surface area contributed by atoms with Gasteiger partial charge in [-0.25, -0.2) is 0 Å². The van der Waals surface area contributed by atoms with Crippen LogP contribution in [0.4, 0.5) is 102 Å². The van der Waals surface area contributed by atoms with Gasteiger partial charge in [-0.2, -0.15) is 0 Å². The Morgan fingerprint density at radius 2 is 0.359 bits per heavy atom. The van der Waals surface area contributed by atoms with Crippen LogP contribution < -0.4 is 29.4 Å². The van der Waals surface area contributed by atoms with Gasteiger partial charge in [0.25, 0.3) is 0 Å². The molecule has 0 radical (unpaired) electrons. The van der Waals surface area contributed by atoms with Gasteiger partial charge in [0.2, 0.25) is 0 Å². The molecule has 4 aromatic heterocycles. The summed E-state index contributed by atoms with van der Waals surface area (Å²) in [7, 11) is 0. The molecular formula is C118H78N10. The Morgan fingerprint density at radius 3 is 0.711 bits per heavy atom. The summed E-state index contributed by atoms with van der Waals surface area (Å²) in [4.78, 5) is 14.5. The molecule has 27 rings (SSSR count). The number of hydrogen-bond acceptors (Lipinski definition) is 6. The zero-order valence-electron chi connectivity index (χ0n) is 69.5. The van der Waals surface area contributed by atoms with E-state index in [1.165, 1.54) is 87.1 Å². The van der Waals surface area contributed by atoms with Crippen LogP contribution in [0.2, 0.25) is 0 Å². The summed E-state index contributed by atoms with van der Waals surface area (Å²) in [6, 6.07) is 172. The molecule has 10 heteroatoms. The number of benzene rings is 20. The molecule has 0 saturated heterocycles. The average molecular weight is 1640 g/mol. The molecule has 10 nitrogen and oxygen atoms in total. The molecule has 0 aliphatic carbocycles. The molecule has 600 valence electrons. The zero-order chi connectivity index (χ0) is 84.0. The third kappa shape index (κ3) is 11.0. The Labute approximate surface area is 739 Å². The van der Waals surface area contributed by atoms with Gasteiger partial charge in [-0.1, -0.05) is 267 Å². The number of aromatic nitrogens is 4. The van der Waals surface area contributed by atoms with E-state index in [-0.39, 0.29) is 0 Å². The zero-order valence-corrected chi connectivity index (χ0v) is 69.5. The average Bonchev–Trinajstić information content (AvgIpc) is 1.54. The van der Waals surface area contributed by atoms with Crippen LogP contribution >= 0.6 is 0 Å². The topological polar surface area (TPSA) is 39.2 Å². The summed E-state index contributed by atoms with van der Waals surface area (Å²) in [5, 5.41) is 12.3. The lowest BCUT2D eigenvalue weighted by Crippen LogP contribution is -2.24. The molecule has 0 bridgehead atoms. The Morgan fingerprint density at radius 1 is 0.117 bits per heavy atom. The second-order valence-electron chi connectivity index (χ2n) is 33.1. The van der Waals surface area contributed by atoms with Gasteiger partial charge < -0.3 is 47.7 Å². The molecular weight excluding hydrogens is 1560 g/mol. The molecule has 20 aromatic carbocycles. The van der Waals surface area contributed by atoms with Gasteiger partial charge in [0, 0.05) is 99.7 Å². The standard InChI is InChI=1S/C66H44N6.C52H34N4/c1-5-21-45(22-6-1)67-56-33-17-19-35-58(56)69(47-25-9-3-10-26-47)63-43-49(37-40-60(63)67)71-55-32-16-14-30-53(55)65-62(71)42-39-52-51-29-13-15-31-54(51)72(66(52)65)50-38-41-61-64(44-50)70(48-27-11-4-12-28-48)59-36-20-18-34-57(59)68(61)46-23-7-2-8-24-46;1-3-18-36(19-4-1)53-46-27-13-14-28-47(46)54(37-20-5-2-6-21-37)50-34-38(30-32-48(50)53)55-44-25-11-9-23-40(44)41-31-33-49-51(52(41)55)42-24-10-12-26-45(42)56(49)43-29-15-17-35-16-7-8-22-39(35)43/h1-44H;1-34H. The minimum Gasteiger partial charge on any atom is -0.309 e. The molecule has 0 amide bonds. The van der Waals surface area contributed by atoms with E-state index < -0.39 is 0 Å². The SMILES string of the molecule is c1ccc(N2c3ccccc3N(c3ccccc3)c3cc(-n4c5ccccc5c5c4ccc4c6ccccc6n(-c6ccc7c(c6)N(c6ccccc6)c6ccccc6N7c6ccccc6)c45)ccc32)cc1.c1ccc(N2c3ccccc3N(c3ccccc3)c3cc(-n4c5ccccc5c5ccc6c(c7ccccc7n6-c6cccc7ccccc67)c54)ccc32)cc1. The van der Waals surface area contributed by atoms with Crippen LogP contribution in [0.1, 0.15) is 0 Å². The van der Waals surface area contributed by atoms with Crippen LogP contribution in [0.5, 0.6) is 0 Å². The first kappa shape index (κ1) is 72.3. The maximum absolute atomic E-state index is 2.51. The molecule has 0 N–H and O–H groups in total. The number of hydrogen-bond donors (Lipinski definition) is 0. The number of rotatable bonds is 10. The fourth-order valence-corrected chi connectivity index (χ4v) is 21.0. The summed E-state index contributed by atoms with van der Waals surface area (Å²) in [6.07, 6.45) is 0. The van der Waals surface area contributed by atoms with E-state index in [2.05, 4.69) is 521 Å². The van der Waals surface area contributed by atoms with E-state index >= 15 is 0 Å². The summed E-state index contributed by atoms with van der Waals surface area (Å²) >= 11 is 0. The molecule has 0 saturated carbocycles. The first-order valence-electron chi connectivity index (χ1n) is 43.8. The van der Waals surface area contributed by atoms with Crippen molar-refractivity contribution in [3.63, 3.8) is 0 Å². The van der Waals surface area contributed by atoms with Gasteiger partial charge in [0.15, 0.2) is 0 Å².